The summed E-state index contributed by atoms with van der Waals surface area (Å²) in [5, 5.41) is 6.97. The highest BCUT2D eigenvalue weighted by Gasteiger charge is 2.14. The molecule has 28 heavy (non-hydrogen) atoms. The monoisotopic (exact) mass is 395 g/mol. The van der Waals surface area contributed by atoms with Gasteiger partial charge in [0.1, 0.15) is 0 Å². The predicted octanol–water partition coefficient (Wildman–Crippen LogP) is 1.49. The van der Waals surface area contributed by atoms with E-state index >= 15 is 0 Å². The maximum absolute atomic E-state index is 12.4. The van der Waals surface area contributed by atoms with Crippen LogP contribution in [0.3, 0.4) is 0 Å². The van der Waals surface area contributed by atoms with Crippen LogP contribution in [0.25, 0.3) is 0 Å². The highest BCUT2D eigenvalue weighted by atomic mass is 32.2. The fourth-order valence-electron chi connectivity index (χ4n) is 2.39. The van der Waals surface area contributed by atoms with Crippen molar-refractivity contribution in [3.05, 3.63) is 72.2 Å². The maximum atomic E-state index is 12.4. The fraction of sp³-hybridized carbons (Fsp3) is 0.105. The second kappa shape index (κ2) is 8.47. The SMILES string of the molecule is C#CCNS(=O)(=O)c1ccc(C(=O)Nc2ccn(Cc3cccnc3)n2)cc1. The van der Waals surface area contributed by atoms with Crippen LogP contribution in [0.4, 0.5) is 5.82 Å². The van der Waals surface area contributed by atoms with E-state index in [9.17, 15) is 13.2 Å². The van der Waals surface area contributed by atoms with Crippen LogP contribution in [0.2, 0.25) is 0 Å². The van der Waals surface area contributed by atoms with Crippen LogP contribution < -0.4 is 10.0 Å². The van der Waals surface area contributed by atoms with E-state index in [1.54, 1.807) is 29.3 Å². The summed E-state index contributed by atoms with van der Waals surface area (Å²) < 4.78 is 27.9. The van der Waals surface area contributed by atoms with Gasteiger partial charge < -0.3 is 5.32 Å². The van der Waals surface area contributed by atoms with Gasteiger partial charge in [-0.15, -0.1) is 6.42 Å². The number of anilines is 1. The van der Waals surface area contributed by atoms with Crippen LogP contribution in [0.1, 0.15) is 15.9 Å². The summed E-state index contributed by atoms with van der Waals surface area (Å²) in [6.45, 7) is 0.424. The lowest BCUT2D eigenvalue weighted by atomic mass is 10.2. The lowest BCUT2D eigenvalue weighted by Crippen LogP contribution is -2.24. The van der Waals surface area contributed by atoms with Crippen LogP contribution in [0.15, 0.2) is 66.0 Å². The van der Waals surface area contributed by atoms with E-state index in [2.05, 4.69) is 26.0 Å². The smallest absolute Gasteiger partial charge is 0.256 e. The molecule has 2 aromatic heterocycles. The zero-order valence-corrected chi connectivity index (χ0v) is 15.6. The summed E-state index contributed by atoms with van der Waals surface area (Å²) in [5.74, 6) is 2.19. The average Bonchev–Trinajstić information content (AvgIpc) is 3.14. The van der Waals surface area contributed by atoms with E-state index in [-0.39, 0.29) is 11.4 Å². The number of hydrogen-bond acceptors (Lipinski definition) is 5. The van der Waals surface area contributed by atoms with E-state index in [0.717, 1.165) is 5.56 Å². The van der Waals surface area contributed by atoms with Crippen molar-refractivity contribution >= 4 is 21.7 Å². The number of carbonyl (C=O) groups is 1. The van der Waals surface area contributed by atoms with Crippen LogP contribution in [-0.4, -0.2) is 35.6 Å². The molecule has 1 amide bonds. The summed E-state index contributed by atoms with van der Waals surface area (Å²) in [6.07, 6.45) is 10.2. The molecule has 0 aliphatic carbocycles. The Morgan fingerprint density at radius 3 is 2.64 bits per heavy atom. The second-order valence-electron chi connectivity index (χ2n) is 5.77. The molecule has 0 saturated carbocycles. The van der Waals surface area contributed by atoms with Gasteiger partial charge in [0.25, 0.3) is 5.91 Å². The second-order valence-corrected chi connectivity index (χ2v) is 7.53. The van der Waals surface area contributed by atoms with E-state index in [1.165, 1.54) is 24.3 Å². The molecule has 2 heterocycles. The predicted molar refractivity (Wildman–Crippen MR) is 104 cm³/mol. The van der Waals surface area contributed by atoms with Crippen molar-refractivity contribution in [1.29, 1.82) is 0 Å². The van der Waals surface area contributed by atoms with E-state index in [1.807, 2.05) is 12.1 Å². The minimum Gasteiger partial charge on any atom is -0.305 e. The number of carbonyl (C=O) groups excluding carboxylic acids is 1. The normalized spacial score (nSPS) is 11.0. The molecule has 3 aromatic rings. The Morgan fingerprint density at radius 1 is 1.18 bits per heavy atom. The molecule has 0 atom stereocenters. The summed E-state index contributed by atoms with van der Waals surface area (Å²) in [4.78, 5) is 16.4. The van der Waals surface area contributed by atoms with Gasteiger partial charge >= 0.3 is 0 Å². The first-order chi connectivity index (χ1) is 13.5. The number of nitrogens with zero attached hydrogens (tertiary/aromatic N) is 3. The zero-order valence-electron chi connectivity index (χ0n) is 14.7. The first kappa shape index (κ1) is 19.3. The lowest BCUT2D eigenvalue weighted by Gasteiger charge is -2.06. The van der Waals surface area contributed by atoms with Gasteiger partial charge in [-0.25, -0.2) is 8.42 Å². The van der Waals surface area contributed by atoms with Gasteiger partial charge in [-0.2, -0.15) is 9.82 Å². The molecular formula is C19H17N5O3S. The lowest BCUT2D eigenvalue weighted by molar-refractivity contribution is 0.102. The third-order valence-corrected chi connectivity index (χ3v) is 5.16. The number of hydrogen-bond donors (Lipinski definition) is 2. The topological polar surface area (TPSA) is 106 Å². The highest BCUT2D eigenvalue weighted by Crippen LogP contribution is 2.12. The van der Waals surface area contributed by atoms with Crippen LogP contribution in [0, 0.1) is 12.3 Å². The van der Waals surface area contributed by atoms with Crippen LogP contribution in [-0.2, 0) is 16.6 Å². The largest absolute Gasteiger partial charge is 0.305 e. The number of nitrogens with one attached hydrogen (secondary N) is 2. The number of terminal acetylenes is 1. The van der Waals surface area contributed by atoms with E-state index in [0.29, 0.717) is 17.9 Å². The van der Waals surface area contributed by atoms with Crippen molar-refractivity contribution in [2.24, 2.45) is 0 Å². The molecule has 3 rings (SSSR count). The van der Waals surface area contributed by atoms with Crippen molar-refractivity contribution in [2.75, 3.05) is 11.9 Å². The number of sulfonamides is 1. The molecule has 0 saturated heterocycles. The van der Waals surface area contributed by atoms with Crippen molar-refractivity contribution < 1.29 is 13.2 Å². The molecule has 0 unspecified atom stereocenters. The molecule has 0 spiro atoms. The Hall–Kier alpha value is -3.48. The third-order valence-electron chi connectivity index (χ3n) is 3.74. The first-order valence-electron chi connectivity index (χ1n) is 8.25. The Balaban J connectivity index is 1.64. The molecule has 2 N–H and O–H groups in total. The standard InChI is InChI=1S/C19H17N5O3S/c1-2-10-21-28(26,27)17-7-5-16(6-8-17)19(25)22-18-9-12-24(23-18)14-15-4-3-11-20-13-15/h1,3-9,11-13,21H,10,14H2,(H,22,23,25). The van der Waals surface area contributed by atoms with Gasteiger partial charge in [0.15, 0.2) is 5.82 Å². The van der Waals surface area contributed by atoms with Crippen molar-refractivity contribution in [1.82, 2.24) is 19.5 Å². The van der Waals surface area contributed by atoms with E-state index < -0.39 is 15.9 Å². The molecule has 1 aromatic carbocycles. The number of rotatable bonds is 7. The molecule has 0 fully saturated rings. The van der Waals surface area contributed by atoms with Gasteiger partial charge in [-0.1, -0.05) is 12.0 Å². The fourth-order valence-corrected chi connectivity index (χ4v) is 3.32. The first-order valence-corrected chi connectivity index (χ1v) is 9.73. The number of benzene rings is 1. The summed E-state index contributed by atoms with van der Waals surface area (Å²) in [7, 11) is -3.70. The number of pyridine rings is 1. The molecule has 9 heteroatoms. The van der Waals surface area contributed by atoms with Gasteiger partial charge in [0.05, 0.1) is 18.0 Å². The molecule has 0 aliphatic heterocycles. The summed E-state index contributed by atoms with van der Waals surface area (Å²) >= 11 is 0. The van der Waals surface area contributed by atoms with Crippen molar-refractivity contribution in [2.45, 2.75) is 11.4 Å². The Morgan fingerprint density at radius 2 is 1.96 bits per heavy atom. The molecular weight excluding hydrogens is 378 g/mol. The third kappa shape index (κ3) is 4.82. The molecule has 0 radical (unpaired) electrons. The molecule has 142 valence electrons. The maximum Gasteiger partial charge on any atom is 0.256 e. The molecule has 0 aliphatic rings. The molecule has 8 nitrogen and oxygen atoms in total. The zero-order chi connectivity index (χ0) is 20.0. The van der Waals surface area contributed by atoms with Crippen molar-refractivity contribution in [3.8, 4) is 12.3 Å². The Kier molecular flexibility index (Phi) is 5.84. The number of aromatic nitrogens is 3. The van der Waals surface area contributed by atoms with Crippen LogP contribution >= 0.6 is 0 Å². The number of amides is 1. The summed E-state index contributed by atoms with van der Waals surface area (Å²) in [5.41, 5.74) is 1.29. The van der Waals surface area contributed by atoms with Gasteiger partial charge in [-0.05, 0) is 35.9 Å². The molecule has 0 bridgehead atoms. The quantitative estimate of drug-likeness (QED) is 0.590. The van der Waals surface area contributed by atoms with Crippen molar-refractivity contribution in [3.63, 3.8) is 0 Å². The Labute approximate surface area is 162 Å². The van der Waals surface area contributed by atoms with Gasteiger partial charge in [-0.3, -0.25) is 14.5 Å². The average molecular weight is 395 g/mol. The van der Waals surface area contributed by atoms with Crippen LogP contribution in [0.5, 0.6) is 0 Å². The summed E-state index contributed by atoms with van der Waals surface area (Å²) in [6, 6.07) is 11.0. The van der Waals surface area contributed by atoms with Gasteiger partial charge in [0.2, 0.25) is 10.0 Å². The van der Waals surface area contributed by atoms with E-state index in [4.69, 9.17) is 6.42 Å². The Bertz CT molecular complexity index is 1100. The minimum atomic E-state index is -3.70. The van der Waals surface area contributed by atoms with Gasteiger partial charge in [0, 0.05) is 30.2 Å². The highest BCUT2D eigenvalue weighted by molar-refractivity contribution is 7.89. The minimum absolute atomic E-state index is 0.0278.